The third kappa shape index (κ3) is 5.58. The van der Waals surface area contributed by atoms with Crippen LogP contribution in [-0.4, -0.2) is 41.3 Å². The summed E-state index contributed by atoms with van der Waals surface area (Å²) in [4.78, 5) is 20.9. The largest absolute Gasteiger partial charge is 0.487 e. The van der Waals surface area contributed by atoms with Crippen LogP contribution < -0.4 is 4.74 Å². The van der Waals surface area contributed by atoms with Crippen molar-refractivity contribution in [3.05, 3.63) is 57.8 Å². The van der Waals surface area contributed by atoms with E-state index in [2.05, 4.69) is 10.1 Å². The quantitative estimate of drug-likeness (QED) is 0.522. The Bertz CT molecular complexity index is 869. The van der Waals surface area contributed by atoms with Gasteiger partial charge in [0.1, 0.15) is 18.1 Å². The number of hydrogen-bond donors (Lipinski definition) is 1. The molecule has 0 radical (unpaired) electrons. The van der Waals surface area contributed by atoms with Crippen molar-refractivity contribution in [2.45, 2.75) is 25.6 Å². The van der Waals surface area contributed by atoms with Crippen molar-refractivity contribution in [1.82, 2.24) is 4.98 Å². The van der Waals surface area contributed by atoms with E-state index >= 15 is 0 Å². The lowest BCUT2D eigenvalue weighted by molar-refractivity contribution is -0.162. The number of pyridine rings is 1. The van der Waals surface area contributed by atoms with Gasteiger partial charge in [-0.2, -0.15) is 0 Å². The van der Waals surface area contributed by atoms with Crippen LogP contribution in [0, 0.1) is 0 Å². The summed E-state index contributed by atoms with van der Waals surface area (Å²) in [5, 5.41) is 14.1. The molecule has 0 spiro atoms. The van der Waals surface area contributed by atoms with Crippen molar-refractivity contribution < 1.29 is 24.2 Å². The molecule has 2 aromatic rings. The molecule has 1 saturated heterocycles. The first-order valence-corrected chi connectivity index (χ1v) is 9.40. The lowest BCUT2D eigenvalue weighted by Crippen LogP contribution is -2.22. The fourth-order valence-corrected chi connectivity index (χ4v) is 2.79. The van der Waals surface area contributed by atoms with E-state index in [1.54, 1.807) is 18.2 Å². The topological polar surface area (TPSA) is 90.2 Å². The second kappa shape index (κ2) is 9.73. The van der Waals surface area contributed by atoms with E-state index in [9.17, 15) is 9.90 Å². The Kier molecular flexibility index (Phi) is 7.08. The second-order valence-electron chi connectivity index (χ2n) is 6.04. The third-order valence-electron chi connectivity index (χ3n) is 3.99. The number of carbonyl (C=O) groups is 1. The lowest BCUT2D eigenvalue weighted by Gasteiger charge is -2.20. The van der Waals surface area contributed by atoms with Gasteiger partial charge in [0, 0.05) is 18.7 Å². The van der Waals surface area contributed by atoms with E-state index in [-0.39, 0.29) is 12.2 Å². The Hall–Kier alpha value is -2.35. The number of ether oxygens (including phenoxy) is 2. The molecule has 9 heteroatoms. The van der Waals surface area contributed by atoms with Crippen molar-refractivity contribution in [3.8, 4) is 5.75 Å². The molecular formula is C19H18Cl2N2O5. The van der Waals surface area contributed by atoms with Crippen LogP contribution in [0.15, 0.2) is 41.7 Å². The third-order valence-corrected chi connectivity index (χ3v) is 4.73. The first-order chi connectivity index (χ1) is 13.5. The number of aromatic nitrogens is 1. The minimum atomic E-state index is -1.06. The molecule has 0 amide bonds. The number of carboxylic acid groups (broad SMARTS) is 1. The molecule has 148 valence electrons. The normalized spacial score (nSPS) is 17.2. The van der Waals surface area contributed by atoms with Gasteiger partial charge in [-0.3, -0.25) is 4.98 Å². The van der Waals surface area contributed by atoms with Crippen LogP contribution in [-0.2, 0) is 9.57 Å². The lowest BCUT2D eigenvalue weighted by atomic mass is 10.2. The minimum absolute atomic E-state index is 0.0131. The van der Waals surface area contributed by atoms with Crippen LogP contribution in [0.3, 0.4) is 0 Å². The Morgan fingerprint density at radius 3 is 2.82 bits per heavy atom. The molecule has 2 heterocycles. The van der Waals surface area contributed by atoms with Gasteiger partial charge in [0.05, 0.1) is 27.9 Å². The van der Waals surface area contributed by atoms with Gasteiger partial charge in [-0.1, -0.05) is 28.4 Å². The van der Waals surface area contributed by atoms with Crippen LogP contribution in [0.4, 0.5) is 0 Å². The predicted octanol–water partition coefficient (Wildman–Crippen LogP) is 4.41. The zero-order chi connectivity index (χ0) is 19.9. The van der Waals surface area contributed by atoms with Crippen molar-refractivity contribution in [2.24, 2.45) is 5.16 Å². The summed E-state index contributed by atoms with van der Waals surface area (Å²) in [5.74, 6) is -0.588. The number of aromatic carboxylic acids is 1. The summed E-state index contributed by atoms with van der Waals surface area (Å²) in [6.07, 6.45) is 3.65. The molecule has 0 aliphatic carbocycles. The van der Waals surface area contributed by atoms with E-state index in [4.69, 9.17) is 37.5 Å². The standard InChI is InChI=1S/C19H18Cl2N2O5/c20-14-5-4-13(10-15(14)21)27-11-17(23-28-18-3-1-2-8-26-18)16-9-12(19(24)25)6-7-22-16/h4-7,9-10,18H,1-3,8,11H2,(H,24,25)/b23-17+. The summed E-state index contributed by atoms with van der Waals surface area (Å²) in [5.41, 5.74) is 0.736. The molecule has 1 unspecified atom stereocenters. The van der Waals surface area contributed by atoms with E-state index in [0.29, 0.717) is 33.8 Å². The average molecular weight is 425 g/mol. The van der Waals surface area contributed by atoms with Gasteiger partial charge in [-0.15, -0.1) is 0 Å². The molecule has 1 aromatic heterocycles. The van der Waals surface area contributed by atoms with Gasteiger partial charge in [-0.05, 0) is 37.1 Å². The number of oxime groups is 1. The number of rotatable bonds is 7. The van der Waals surface area contributed by atoms with E-state index in [0.717, 1.165) is 19.3 Å². The van der Waals surface area contributed by atoms with Crippen LogP contribution in [0.25, 0.3) is 0 Å². The maximum atomic E-state index is 11.3. The van der Waals surface area contributed by atoms with E-state index in [1.807, 2.05) is 0 Å². The molecule has 1 atom stereocenters. The molecule has 3 rings (SSSR count). The first kappa shape index (κ1) is 20.4. The highest BCUT2D eigenvalue weighted by molar-refractivity contribution is 6.42. The molecule has 1 fully saturated rings. The van der Waals surface area contributed by atoms with Crippen LogP contribution in [0.2, 0.25) is 10.0 Å². The maximum Gasteiger partial charge on any atom is 0.335 e. The molecule has 1 aliphatic rings. The number of nitrogens with zero attached hydrogens (tertiary/aromatic N) is 2. The minimum Gasteiger partial charge on any atom is -0.487 e. The number of benzene rings is 1. The molecular weight excluding hydrogens is 407 g/mol. The molecule has 7 nitrogen and oxygen atoms in total. The Morgan fingerprint density at radius 1 is 1.25 bits per heavy atom. The Balaban J connectivity index is 1.79. The number of carboxylic acids is 1. The molecule has 0 saturated carbocycles. The molecule has 28 heavy (non-hydrogen) atoms. The van der Waals surface area contributed by atoms with Crippen molar-refractivity contribution >= 4 is 34.9 Å². The molecule has 0 bridgehead atoms. The van der Waals surface area contributed by atoms with Crippen molar-refractivity contribution in [3.63, 3.8) is 0 Å². The predicted molar refractivity (Wildman–Crippen MR) is 104 cm³/mol. The highest BCUT2D eigenvalue weighted by atomic mass is 35.5. The Labute approximate surface area is 171 Å². The molecule has 1 aromatic carbocycles. The van der Waals surface area contributed by atoms with Crippen LogP contribution >= 0.6 is 23.2 Å². The van der Waals surface area contributed by atoms with Gasteiger partial charge in [0.25, 0.3) is 0 Å². The monoisotopic (exact) mass is 424 g/mol. The average Bonchev–Trinajstić information content (AvgIpc) is 2.71. The zero-order valence-corrected chi connectivity index (χ0v) is 16.3. The highest BCUT2D eigenvalue weighted by Crippen LogP contribution is 2.26. The van der Waals surface area contributed by atoms with Gasteiger partial charge in [0.2, 0.25) is 6.29 Å². The van der Waals surface area contributed by atoms with Gasteiger partial charge >= 0.3 is 5.97 Å². The number of halogens is 2. The summed E-state index contributed by atoms with van der Waals surface area (Å²) >= 11 is 11.9. The Morgan fingerprint density at radius 2 is 2.11 bits per heavy atom. The van der Waals surface area contributed by atoms with Crippen LogP contribution in [0.5, 0.6) is 5.75 Å². The van der Waals surface area contributed by atoms with Crippen LogP contribution in [0.1, 0.15) is 35.3 Å². The van der Waals surface area contributed by atoms with Gasteiger partial charge in [0.15, 0.2) is 0 Å². The zero-order valence-electron chi connectivity index (χ0n) is 14.8. The SMILES string of the molecule is O=C(O)c1ccnc(/C(COc2ccc(Cl)c(Cl)c2)=N/OC2CCCCO2)c1. The fourth-order valence-electron chi connectivity index (χ4n) is 2.50. The number of hydrogen-bond acceptors (Lipinski definition) is 6. The van der Waals surface area contributed by atoms with Gasteiger partial charge in [-0.25, -0.2) is 4.79 Å². The second-order valence-corrected chi connectivity index (χ2v) is 6.85. The maximum absolute atomic E-state index is 11.3. The summed E-state index contributed by atoms with van der Waals surface area (Å²) in [7, 11) is 0. The van der Waals surface area contributed by atoms with Gasteiger partial charge < -0.3 is 19.4 Å². The summed E-state index contributed by atoms with van der Waals surface area (Å²) in [6, 6.07) is 7.66. The smallest absolute Gasteiger partial charge is 0.335 e. The van der Waals surface area contributed by atoms with E-state index < -0.39 is 12.3 Å². The fraction of sp³-hybridized carbons (Fsp3) is 0.316. The molecule has 1 N–H and O–H groups in total. The molecule has 1 aliphatic heterocycles. The van der Waals surface area contributed by atoms with Crippen molar-refractivity contribution in [2.75, 3.05) is 13.2 Å². The highest BCUT2D eigenvalue weighted by Gasteiger charge is 2.17. The van der Waals surface area contributed by atoms with Crippen molar-refractivity contribution in [1.29, 1.82) is 0 Å². The van der Waals surface area contributed by atoms with E-state index in [1.165, 1.54) is 18.3 Å². The first-order valence-electron chi connectivity index (χ1n) is 8.65. The summed E-state index contributed by atoms with van der Waals surface area (Å²) in [6.45, 7) is 0.600. The summed E-state index contributed by atoms with van der Waals surface area (Å²) < 4.78 is 11.2.